The number of ether oxygens (including phenoxy) is 1. The van der Waals surface area contributed by atoms with Crippen molar-refractivity contribution in [3.05, 3.63) is 52.8 Å². The fourth-order valence-electron chi connectivity index (χ4n) is 1.56. The summed E-state index contributed by atoms with van der Waals surface area (Å²) in [4.78, 5) is -0.139. The topological polar surface area (TPSA) is 69.4 Å². The van der Waals surface area contributed by atoms with E-state index in [0.29, 0.717) is 5.56 Å². The molecule has 2 aromatic carbocycles. The van der Waals surface area contributed by atoms with Gasteiger partial charge in [0.2, 0.25) is 10.0 Å². The molecule has 20 heavy (non-hydrogen) atoms. The second kappa shape index (κ2) is 5.40. The molecule has 0 bridgehead atoms. The predicted molar refractivity (Wildman–Crippen MR) is 74.0 cm³/mol. The molecule has 0 atom stereocenters. The molecular formula is C13H11ClFNO3S. The van der Waals surface area contributed by atoms with Crippen LogP contribution >= 0.6 is 11.6 Å². The zero-order valence-corrected chi connectivity index (χ0v) is 12.0. The van der Waals surface area contributed by atoms with E-state index in [2.05, 4.69) is 0 Å². The molecule has 0 amide bonds. The Morgan fingerprint density at radius 1 is 1.20 bits per heavy atom. The number of halogens is 2. The molecule has 2 aromatic rings. The number of hydrogen-bond donors (Lipinski definition) is 1. The molecule has 0 aliphatic carbocycles. The average Bonchev–Trinajstić information content (AvgIpc) is 2.36. The van der Waals surface area contributed by atoms with Crippen molar-refractivity contribution < 1.29 is 17.5 Å². The second-order valence-corrected chi connectivity index (χ2v) is 6.09. The Bertz CT molecular complexity index is 762. The van der Waals surface area contributed by atoms with Gasteiger partial charge < -0.3 is 4.74 Å². The molecule has 0 spiro atoms. The maximum Gasteiger partial charge on any atom is 0.238 e. The van der Waals surface area contributed by atoms with Gasteiger partial charge in [0.15, 0.2) is 11.6 Å². The van der Waals surface area contributed by atoms with Gasteiger partial charge in [-0.25, -0.2) is 17.9 Å². The highest BCUT2D eigenvalue weighted by molar-refractivity contribution is 7.89. The van der Waals surface area contributed by atoms with E-state index in [-0.39, 0.29) is 21.4 Å². The van der Waals surface area contributed by atoms with Crippen LogP contribution in [0.15, 0.2) is 41.3 Å². The summed E-state index contributed by atoms with van der Waals surface area (Å²) < 4.78 is 41.5. The summed E-state index contributed by atoms with van der Waals surface area (Å²) in [6.45, 7) is 1.61. The van der Waals surface area contributed by atoms with E-state index in [9.17, 15) is 12.8 Å². The van der Waals surface area contributed by atoms with Crippen molar-refractivity contribution in [1.29, 1.82) is 0 Å². The van der Waals surface area contributed by atoms with Gasteiger partial charge in [0.25, 0.3) is 0 Å². The van der Waals surface area contributed by atoms with Gasteiger partial charge in [-0.15, -0.1) is 0 Å². The van der Waals surface area contributed by atoms with Gasteiger partial charge in [0.1, 0.15) is 5.75 Å². The number of hydrogen-bond acceptors (Lipinski definition) is 3. The lowest BCUT2D eigenvalue weighted by Gasteiger charge is -2.10. The molecule has 0 aliphatic heterocycles. The smallest absolute Gasteiger partial charge is 0.238 e. The molecule has 4 nitrogen and oxygen atoms in total. The highest BCUT2D eigenvalue weighted by atomic mass is 35.5. The highest BCUT2D eigenvalue weighted by Crippen LogP contribution is 2.32. The van der Waals surface area contributed by atoms with Gasteiger partial charge in [-0.05, 0) is 36.8 Å². The van der Waals surface area contributed by atoms with Crippen molar-refractivity contribution >= 4 is 21.6 Å². The minimum atomic E-state index is -3.84. The maximum atomic E-state index is 13.8. The largest absolute Gasteiger partial charge is 0.453 e. The fraction of sp³-hybridized carbons (Fsp3) is 0.0769. The van der Waals surface area contributed by atoms with E-state index in [1.807, 2.05) is 0 Å². The Balaban J connectivity index is 2.38. The summed E-state index contributed by atoms with van der Waals surface area (Å²) >= 11 is 5.91. The monoisotopic (exact) mass is 315 g/mol. The first-order valence-corrected chi connectivity index (χ1v) is 7.47. The summed E-state index contributed by atoms with van der Waals surface area (Å²) in [7, 11) is -3.84. The van der Waals surface area contributed by atoms with Crippen LogP contribution in [-0.4, -0.2) is 8.42 Å². The first kappa shape index (κ1) is 14.8. The molecule has 0 radical (unpaired) electrons. The number of benzene rings is 2. The van der Waals surface area contributed by atoms with E-state index in [0.717, 1.165) is 6.07 Å². The Hall–Kier alpha value is -1.63. The maximum absolute atomic E-state index is 13.8. The fourth-order valence-corrected chi connectivity index (χ4v) is 2.38. The van der Waals surface area contributed by atoms with Gasteiger partial charge in [0.05, 0.1) is 9.92 Å². The third-order valence-corrected chi connectivity index (χ3v) is 3.81. The summed E-state index contributed by atoms with van der Waals surface area (Å²) in [5.41, 5.74) is 0.430. The molecular weight excluding hydrogens is 305 g/mol. The minimum Gasteiger partial charge on any atom is -0.453 e. The van der Waals surface area contributed by atoms with Crippen molar-refractivity contribution in [2.45, 2.75) is 11.8 Å². The van der Waals surface area contributed by atoms with Crippen LogP contribution in [0.3, 0.4) is 0 Å². The second-order valence-electron chi connectivity index (χ2n) is 4.13. The molecule has 0 aromatic heterocycles. The van der Waals surface area contributed by atoms with Crippen LogP contribution in [0, 0.1) is 12.7 Å². The summed E-state index contributed by atoms with van der Waals surface area (Å²) in [5, 5.41) is 5.01. The molecule has 0 fully saturated rings. The highest BCUT2D eigenvalue weighted by Gasteiger charge is 2.13. The number of primary sulfonamides is 1. The zero-order chi connectivity index (χ0) is 14.9. The summed E-state index contributed by atoms with van der Waals surface area (Å²) in [5.74, 6) is -0.349. The standard InChI is InChI=1S/C13H11ClFNO3S/c1-8-3-2-4-12(13(8)15)19-11-6-5-9(7-10(11)14)20(16,17)18/h2-7H,1H3,(H2,16,17,18). The molecule has 0 saturated carbocycles. The molecule has 7 heteroatoms. The van der Waals surface area contributed by atoms with Crippen LogP contribution < -0.4 is 9.88 Å². The SMILES string of the molecule is Cc1cccc(Oc2ccc(S(N)(=O)=O)cc2Cl)c1F. The normalized spacial score (nSPS) is 11.4. The summed E-state index contributed by atoms with van der Waals surface area (Å²) in [6, 6.07) is 8.41. The number of aryl methyl sites for hydroxylation is 1. The van der Waals surface area contributed by atoms with Crippen LogP contribution in [0.2, 0.25) is 5.02 Å². The van der Waals surface area contributed by atoms with E-state index < -0.39 is 15.8 Å². The van der Waals surface area contributed by atoms with Gasteiger partial charge in [-0.2, -0.15) is 0 Å². The molecule has 106 valence electrons. The van der Waals surface area contributed by atoms with Gasteiger partial charge >= 0.3 is 0 Å². The van der Waals surface area contributed by atoms with Crippen molar-refractivity contribution in [2.24, 2.45) is 5.14 Å². The number of nitrogens with two attached hydrogens (primary N) is 1. The average molecular weight is 316 g/mol. The van der Waals surface area contributed by atoms with Gasteiger partial charge in [-0.1, -0.05) is 23.7 Å². The Morgan fingerprint density at radius 2 is 1.90 bits per heavy atom. The molecule has 0 saturated heterocycles. The lowest BCUT2D eigenvalue weighted by Crippen LogP contribution is -2.11. The van der Waals surface area contributed by atoms with E-state index >= 15 is 0 Å². The van der Waals surface area contributed by atoms with Gasteiger partial charge in [0, 0.05) is 0 Å². The van der Waals surface area contributed by atoms with Gasteiger partial charge in [-0.3, -0.25) is 0 Å². The first-order chi connectivity index (χ1) is 9.29. The van der Waals surface area contributed by atoms with Crippen LogP contribution in [-0.2, 0) is 10.0 Å². The van der Waals surface area contributed by atoms with Crippen molar-refractivity contribution in [3.63, 3.8) is 0 Å². The van der Waals surface area contributed by atoms with E-state index in [1.54, 1.807) is 19.1 Å². The predicted octanol–water partition coefficient (Wildman–Crippen LogP) is 3.23. The number of sulfonamides is 1. The first-order valence-electron chi connectivity index (χ1n) is 5.54. The van der Waals surface area contributed by atoms with E-state index in [4.69, 9.17) is 21.5 Å². The van der Waals surface area contributed by atoms with E-state index in [1.165, 1.54) is 18.2 Å². The number of rotatable bonds is 3. The Kier molecular flexibility index (Phi) is 3.99. The van der Waals surface area contributed by atoms with Crippen molar-refractivity contribution in [1.82, 2.24) is 0 Å². The molecule has 2 rings (SSSR count). The lowest BCUT2D eigenvalue weighted by atomic mass is 10.2. The third-order valence-electron chi connectivity index (χ3n) is 2.61. The minimum absolute atomic E-state index is 0.00950. The zero-order valence-electron chi connectivity index (χ0n) is 10.4. The van der Waals surface area contributed by atoms with Crippen molar-refractivity contribution in [2.75, 3.05) is 0 Å². The van der Waals surface area contributed by atoms with Crippen LogP contribution in [0.25, 0.3) is 0 Å². The molecule has 0 heterocycles. The third kappa shape index (κ3) is 3.09. The lowest BCUT2D eigenvalue weighted by molar-refractivity contribution is 0.440. The van der Waals surface area contributed by atoms with Crippen LogP contribution in [0.5, 0.6) is 11.5 Å². The Labute approximate surface area is 121 Å². The van der Waals surface area contributed by atoms with Crippen LogP contribution in [0.1, 0.15) is 5.56 Å². The van der Waals surface area contributed by atoms with Crippen LogP contribution in [0.4, 0.5) is 4.39 Å². The summed E-state index contributed by atoms with van der Waals surface area (Å²) in [6.07, 6.45) is 0. The molecule has 2 N–H and O–H groups in total. The molecule has 0 aliphatic rings. The molecule has 0 unspecified atom stereocenters. The quantitative estimate of drug-likeness (QED) is 0.945. The van der Waals surface area contributed by atoms with Crippen molar-refractivity contribution in [3.8, 4) is 11.5 Å². The Morgan fingerprint density at radius 3 is 2.50 bits per heavy atom.